The second-order valence-electron chi connectivity index (χ2n) is 4.25. The fourth-order valence-corrected chi connectivity index (χ4v) is 2.82. The molecule has 0 aliphatic heterocycles. The Bertz CT molecular complexity index is 318. The van der Waals surface area contributed by atoms with Crippen LogP contribution in [0.2, 0.25) is 0 Å². The lowest BCUT2D eigenvalue weighted by molar-refractivity contribution is 0.295. The van der Waals surface area contributed by atoms with Crippen molar-refractivity contribution < 1.29 is 0 Å². The van der Waals surface area contributed by atoms with E-state index < -0.39 is 0 Å². The summed E-state index contributed by atoms with van der Waals surface area (Å²) < 4.78 is 0. The highest BCUT2D eigenvalue weighted by atomic mass is 32.1. The topological polar surface area (TPSA) is 28.2 Å². The van der Waals surface area contributed by atoms with Crippen molar-refractivity contribution >= 4 is 11.3 Å². The minimum atomic E-state index is 0.968. The van der Waals surface area contributed by atoms with Crippen molar-refractivity contribution in [1.82, 2.24) is 15.2 Å². The molecule has 17 heavy (non-hydrogen) atoms. The third-order valence-corrected chi connectivity index (χ3v) is 4.04. The van der Waals surface area contributed by atoms with Crippen LogP contribution in [0.25, 0.3) is 0 Å². The first-order valence-corrected chi connectivity index (χ1v) is 7.41. The molecule has 0 spiro atoms. The zero-order valence-corrected chi connectivity index (χ0v) is 12.4. The van der Waals surface area contributed by atoms with E-state index in [-0.39, 0.29) is 0 Å². The summed E-state index contributed by atoms with van der Waals surface area (Å²) in [7, 11) is 0. The van der Waals surface area contributed by atoms with Gasteiger partial charge in [-0.1, -0.05) is 20.8 Å². The summed E-state index contributed by atoms with van der Waals surface area (Å²) in [6, 6.07) is 0. The van der Waals surface area contributed by atoms with Crippen molar-refractivity contribution in [3.63, 3.8) is 0 Å². The monoisotopic (exact) mass is 255 g/mol. The number of hydrogen-bond donors (Lipinski definition) is 1. The number of aromatic nitrogens is 1. The maximum absolute atomic E-state index is 4.66. The second-order valence-corrected chi connectivity index (χ2v) is 5.42. The molecular formula is C13H25N3S. The predicted octanol–water partition coefficient (Wildman–Crippen LogP) is 2.79. The molecule has 0 aliphatic rings. The third kappa shape index (κ3) is 4.74. The molecule has 1 aromatic rings. The highest BCUT2D eigenvalue weighted by molar-refractivity contribution is 7.11. The van der Waals surface area contributed by atoms with E-state index in [1.54, 1.807) is 0 Å². The molecule has 0 unspecified atom stereocenters. The summed E-state index contributed by atoms with van der Waals surface area (Å²) in [4.78, 5) is 8.46. The van der Waals surface area contributed by atoms with Gasteiger partial charge in [0.2, 0.25) is 0 Å². The Labute approximate surface area is 109 Å². The van der Waals surface area contributed by atoms with Gasteiger partial charge in [-0.15, -0.1) is 11.3 Å². The predicted molar refractivity (Wildman–Crippen MR) is 75.5 cm³/mol. The first kappa shape index (κ1) is 14.6. The molecule has 0 saturated carbocycles. The summed E-state index contributed by atoms with van der Waals surface area (Å²) in [5.74, 6) is 0. The van der Waals surface area contributed by atoms with Gasteiger partial charge >= 0.3 is 0 Å². The minimum absolute atomic E-state index is 0.968. The largest absolute Gasteiger partial charge is 0.312 e. The fraction of sp³-hybridized carbons (Fsp3) is 0.769. The van der Waals surface area contributed by atoms with E-state index in [1.807, 2.05) is 11.3 Å². The van der Waals surface area contributed by atoms with Gasteiger partial charge in [0.1, 0.15) is 5.01 Å². The summed E-state index contributed by atoms with van der Waals surface area (Å²) >= 11 is 1.85. The van der Waals surface area contributed by atoms with Gasteiger partial charge in [0, 0.05) is 11.4 Å². The van der Waals surface area contributed by atoms with E-state index in [1.165, 1.54) is 22.0 Å². The molecule has 0 fully saturated rings. The summed E-state index contributed by atoms with van der Waals surface area (Å²) in [6.07, 6.45) is 1.18. The molecule has 3 nitrogen and oxygen atoms in total. The van der Waals surface area contributed by atoms with Crippen LogP contribution in [0, 0.1) is 6.92 Å². The second kappa shape index (κ2) is 7.80. The van der Waals surface area contributed by atoms with Crippen molar-refractivity contribution in [3.05, 3.63) is 15.6 Å². The lowest BCUT2D eigenvalue weighted by atomic mass is 10.4. The van der Waals surface area contributed by atoms with Crippen LogP contribution in [0.5, 0.6) is 0 Å². The van der Waals surface area contributed by atoms with Gasteiger partial charge in [0.25, 0.3) is 0 Å². The Kier molecular flexibility index (Phi) is 6.70. The molecule has 0 saturated heterocycles. The Morgan fingerprint density at radius 3 is 2.53 bits per heavy atom. The van der Waals surface area contributed by atoms with Crippen LogP contribution < -0.4 is 5.32 Å². The molecule has 0 radical (unpaired) electrons. The molecular weight excluding hydrogens is 230 g/mol. The van der Waals surface area contributed by atoms with E-state index in [2.05, 4.69) is 42.9 Å². The highest BCUT2D eigenvalue weighted by Crippen LogP contribution is 2.19. The van der Waals surface area contributed by atoms with Crippen molar-refractivity contribution in [1.29, 1.82) is 0 Å². The average molecular weight is 255 g/mol. The van der Waals surface area contributed by atoms with Crippen molar-refractivity contribution in [2.75, 3.05) is 19.6 Å². The summed E-state index contributed by atoms with van der Waals surface area (Å²) in [5.41, 5.74) is 1.20. The lowest BCUT2D eigenvalue weighted by Crippen LogP contribution is -2.21. The third-order valence-electron chi connectivity index (χ3n) is 2.90. The smallest absolute Gasteiger partial charge is 0.107 e. The quantitative estimate of drug-likeness (QED) is 0.724. The first-order valence-electron chi connectivity index (χ1n) is 6.59. The number of aryl methyl sites for hydroxylation is 1. The van der Waals surface area contributed by atoms with Gasteiger partial charge in [0.15, 0.2) is 0 Å². The molecule has 98 valence electrons. The molecule has 1 rings (SSSR count). The van der Waals surface area contributed by atoms with Gasteiger partial charge in [-0.3, -0.25) is 4.90 Å². The molecule has 0 aromatic carbocycles. The normalized spacial score (nSPS) is 11.4. The maximum Gasteiger partial charge on any atom is 0.107 e. The summed E-state index contributed by atoms with van der Waals surface area (Å²) in [6.45, 7) is 14.0. The Balaban J connectivity index is 2.54. The van der Waals surface area contributed by atoms with Crippen LogP contribution in [0.15, 0.2) is 0 Å². The number of thiazole rings is 1. The molecule has 0 aliphatic carbocycles. The molecule has 0 atom stereocenters. The zero-order chi connectivity index (χ0) is 12.7. The van der Waals surface area contributed by atoms with Gasteiger partial charge in [-0.25, -0.2) is 4.98 Å². The van der Waals surface area contributed by atoms with E-state index in [0.29, 0.717) is 0 Å². The van der Waals surface area contributed by atoms with Crippen LogP contribution in [0.3, 0.4) is 0 Å². The highest BCUT2D eigenvalue weighted by Gasteiger charge is 2.09. The molecule has 4 heteroatoms. The van der Waals surface area contributed by atoms with Gasteiger partial charge in [-0.2, -0.15) is 0 Å². The minimum Gasteiger partial charge on any atom is -0.312 e. The molecule has 1 N–H and O–H groups in total. The lowest BCUT2D eigenvalue weighted by Gasteiger charge is -2.15. The van der Waals surface area contributed by atoms with Crippen molar-refractivity contribution in [3.8, 4) is 0 Å². The Hall–Kier alpha value is -0.450. The van der Waals surface area contributed by atoms with Gasteiger partial charge < -0.3 is 5.32 Å². The molecule has 0 amide bonds. The number of nitrogens with zero attached hydrogens (tertiary/aromatic N) is 2. The average Bonchev–Trinajstić information content (AvgIpc) is 2.67. The number of hydrogen-bond acceptors (Lipinski definition) is 4. The fourth-order valence-electron chi connectivity index (χ4n) is 1.74. The Morgan fingerprint density at radius 1 is 1.24 bits per heavy atom. The van der Waals surface area contributed by atoms with Crippen LogP contribution >= 0.6 is 11.3 Å². The van der Waals surface area contributed by atoms with Crippen molar-refractivity contribution in [2.24, 2.45) is 0 Å². The number of rotatable bonds is 8. The standard InChI is InChI=1S/C13H25N3S/c1-5-8-14-9-12-11(4)15-13(17-12)10-16(6-2)7-3/h14H,5-10H2,1-4H3. The van der Waals surface area contributed by atoms with E-state index in [9.17, 15) is 0 Å². The molecule has 0 bridgehead atoms. The van der Waals surface area contributed by atoms with Gasteiger partial charge in [-0.05, 0) is 33.0 Å². The van der Waals surface area contributed by atoms with Crippen LogP contribution in [-0.2, 0) is 13.1 Å². The SMILES string of the molecule is CCCNCc1sc(CN(CC)CC)nc1C. The van der Waals surface area contributed by atoms with Crippen LogP contribution in [0.4, 0.5) is 0 Å². The van der Waals surface area contributed by atoms with Gasteiger partial charge in [0.05, 0.1) is 12.2 Å². The van der Waals surface area contributed by atoms with E-state index in [0.717, 1.165) is 32.7 Å². The maximum atomic E-state index is 4.66. The summed E-state index contributed by atoms with van der Waals surface area (Å²) in [5, 5.41) is 4.69. The molecule has 1 heterocycles. The van der Waals surface area contributed by atoms with E-state index >= 15 is 0 Å². The Morgan fingerprint density at radius 2 is 1.94 bits per heavy atom. The van der Waals surface area contributed by atoms with Crippen LogP contribution in [-0.4, -0.2) is 29.5 Å². The zero-order valence-electron chi connectivity index (χ0n) is 11.5. The first-order chi connectivity index (χ1) is 8.21. The van der Waals surface area contributed by atoms with E-state index in [4.69, 9.17) is 0 Å². The molecule has 1 aromatic heterocycles. The van der Waals surface area contributed by atoms with Crippen LogP contribution in [0.1, 0.15) is 42.8 Å². The number of nitrogens with one attached hydrogen (secondary N) is 1. The van der Waals surface area contributed by atoms with Crippen molar-refractivity contribution in [2.45, 2.75) is 47.2 Å².